The Morgan fingerprint density at radius 1 is 1.00 bits per heavy atom. The number of anilines is 1. The second kappa shape index (κ2) is 10.8. The van der Waals surface area contributed by atoms with E-state index in [2.05, 4.69) is 10.1 Å². The fraction of sp³-hybridized carbons (Fsp3) is 0.267. The first-order valence-electron chi connectivity index (χ1n) is 6.60. The lowest BCUT2D eigenvalue weighted by atomic mass is 10.3. The minimum atomic E-state index is 0. The molecule has 2 heterocycles. The maximum atomic E-state index is 8.44. The van der Waals surface area contributed by atoms with Crippen LogP contribution in [0.4, 0.5) is 5.69 Å². The van der Waals surface area contributed by atoms with Crippen LogP contribution >= 0.6 is 0 Å². The van der Waals surface area contributed by atoms with Crippen LogP contribution in [0.1, 0.15) is 5.56 Å². The van der Waals surface area contributed by atoms with E-state index in [0.29, 0.717) is 13.5 Å². The Balaban J connectivity index is 0.00000242. The normalized spacial score (nSPS) is 10.0. The van der Waals surface area contributed by atoms with Crippen molar-refractivity contribution in [3.8, 4) is 0 Å². The van der Waals surface area contributed by atoms with Crippen LogP contribution in [0.2, 0.25) is 0 Å². The lowest BCUT2D eigenvalue weighted by Crippen LogP contribution is -3.00. The van der Waals surface area contributed by atoms with Gasteiger partial charge >= 0.3 is 0 Å². The SMILES string of the molecule is CN(C)c1cc[n+](COC[n+]2ccc(C=NO)cc2)cc1.[Cl-].[Cl-]. The third-order valence-electron chi connectivity index (χ3n) is 2.99. The molecular weight excluding hydrogens is 339 g/mol. The lowest BCUT2D eigenvalue weighted by molar-refractivity contribution is -0.788. The van der Waals surface area contributed by atoms with Gasteiger partial charge in [-0.25, -0.2) is 0 Å². The number of pyridine rings is 2. The van der Waals surface area contributed by atoms with Crippen molar-refractivity contribution in [2.75, 3.05) is 19.0 Å². The molecule has 0 spiro atoms. The summed E-state index contributed by atoms with van der Waals surface area (Å²) in [6.45, 7) is 0.944. The van der Waals surface area contributed by atoms with Crippen LogP contribution in [0.25, 0.3) is 0 Å². The molecule has 2 aromatic heterocycles. The number of hydrogen-bond acceptors (Lipinski definition) is 4. The van der Waals surface area contributed by atoms with Crippen LogP contribution in [-0.2, 0) is 18.2 Å². The van der Waals surface area contributed by atoms with Crippen molar-refractivity contribution in [3.05, 3.63) is 54.6 Å². The first-order valence-corrected chi connectivity index (χ1v) is 6.60. The van der Waals surface area contributed by atoms with Gasteiger partial charge < -0.3 is 34.9 Å². The zero-order valence-corrected chi connectivity index (χ0v) is 14.5. The molecule has 0 saturated heterocycles. The summed E-state index contributed by atoms with van der Waals surface area (Å²) in [6.07, 6.45) is 9.10. The average molecular weight is 359 g/mol. The third kappa shape index (κ3) is 6.81. The van der Waals surface area contributed by atoms with Gasteiger partial charge in [-0.1, -0.05) is 5.16 Å². The lowest BCUT2D eigenvalue weighted by Gasteiger charge is -2.10. The molecule has 126 valence electrons. The highest BCUT2D eigenvalue weighted by Gasteiger charge is 2.05. The number of ether oxygens (including phenoxy) is 1. The molecule has 0 unspecified atom stereocenters. The van der Waals surface area contributed by atoms with E-state index >= 15 is 0 Å². The molecule has 0 bridgehead atoms. The molecule has 0 aromatic carbocycles. The van der Waals surface area contributed by atoms with Gasteiger partial charge in [-0.05, 0) is 0 Å². The second-order valence-electron chi connectivity index (χ2n) is 4.82. The van der Waals surface area contributed by atoms with Crippen molar-refractivity contribution in [2.45, 2.75) is 13.5 Å². The Morgan fingerprint density at radius 3 is 1.91 bits per heavy atom. The summed E-state index contributed by atoms with van der Waals surface area (Å²) in [6, 6.07) is 7.78. The second-order valence-corrected chi connectivity index (χ2v) is 4.82. The first-order chi connectivity index (χ1) is 10.2. The van der Waals surface area contributed by atoms with Gasteiger partial charge in [-0.15, -0.1) is 0 Å². The van der Waals surface area contributed by atoms with E-state index in [1.807, 2.05) is 72.3 Å². The number of hydrogen-bond donors (Lipinski definition) is 1. The Hall–Kier alpha value is -1.89. The van der Waals surface area contributed by atoms with Crippen molar-refractivity contribution in [1.82, 2.24) is 0 Å². The highest BCUT2D eigenvalue weighted by molar-refractivity contribution is 5.78. The molecule has 0 radical (unpaired) electrons. The molecule has 23 heavy (non-hydrogen) atoms. The number of halogens is 2. The molecule has 2 aromatic rings. The van der Waals surface area contributed by atoms with Crippen LogP contribution in [0.15, 0.2) is 54.2 Å². The minimum Gasteiger partial charge on any atom is -1.00 e. The average Bonchev–Trinajstić information content (AvgIpc) is 2.50. The maximum Gasteiger partial charge on any atom is 0.257 e. The van der Waals surface area contributed by atoms with Gasteiger partial charge in [0, 0.05) is 49.6 Å². The Kier molecular flexibility index (Phi) is 9.89. The Labute approximate surface area is 148 Å². The molecular formula is C15H20Cl2N4O2. The summed E-state index contributed by atoms with van der Waals surface area (Å²) >= 11 is 0. The van der Waals surface area contributed by atoms with E-state index in [0.717, 1.165) is 11.3 Å². The summed E-state index contributed by atoms with van der Waals surface area (Å²) < 4.78 is 9.51. The van der Waals surface area contributed by atoms with Gasteiger partial charge in [0.2, 0.25) is 0 Å². The summed E-state index contributed by atoms with van der Waals surface area (Å²) in [4.78, 5) is 2.05. The van der Waals surface area contributed by atoms with E-state index in [1.165, 1.54) is 6.21 Å². The van der Waals surface area contributed by atoms with E-state index in [-0.39, 0.29) is 24.8 Å². The molecule has 0 aliphatic carbocycles. The van der Waals surface area contributed by atoms with Crippen molar-refractivity contribution in [3.63, 3.8) is 0 Å². The number of oxime groups is 1. The Bertz CT molecular complexity index is 589. The minimum absolute atomic E-state index is 0. The van der Waals surface area contributed by atoms with Gasteiger partial charge in [0.15, 0.2) is 24.8 Å². The topological polar surface area (TPSA) is 52.8 Å². The van der Waals surface area contributed by atoms with E-state index in [1.54, 1.807) is 0 Å². The molecule has 0 amide bonds. The zero-order valence-electron chi connectivity index (χ0n) is 13.0. The molecule has 0 aliphatic heterocycles. The molecule has 8 heteroatoms. The smallest absolute Gasteiger partial charge is 0.257 e. The summed E-state index contributed by atoms with van der Waals surface area (Å²) in [5.41, 5.74) is 1.99. The maximum absolute atomic E-state index is 8.44. The quantitative estimate of drug-likeness (QED) is 0.243. The number of aromatic nitrogens is 2. The van der Waals surface area contributed by atoms with E-state index in [4.69, 9.17) is 9.94 Å². The van der Waals surface area contributed by atoms with Gasteiger partial charge in [0.25, 0.3) is 13.5 Å². The predicted octanol–water partition coefficient (Wildman–Crippen LogP) is -5.22. The number of nitrogens with zero attached hydrogens (tertiary/aromatic N) is 4. The van der Waals surface area contributed by atoms with E-state index < -0.39 is 0 Å². The molecule has 0 fully saturated rings. The van der Waals surface area contributed by atoms with Gasteiger partial charge in [-0.2, -0.15) is 9.13 Å². The van der Waals surface area contributed by atoms with Crippen LogP contribution in [0, 0.1) is 0 Å². The Morgan fingerprint density at radius 2 is 1.48 bits per heavy atom. The summed E-state index contributed by atoms with van der Waals surface area (Å²) in [7, 11) is 4.02. The fourth-order valence-corrected chi connectivity index (χ4v) is 1.79. The van der Waals surface area contributed by atoms with Crippen molar-refractivity contribution >= 4 is 11.9 Å². The third-order valence-corrected chi connectivity index (χ3v) is 2.99. The van der Waals surface area contributed by atoms with Crippen LogP contribution < -0.4 is 38.8 Å². The molecule has 0 aliphatic rings. The summed E-state index contributed by atoms with van der Waals surface area (Å²) in [5.74, 6) is 0. The molecule has 0 atom stereocenters. The monoisotopic (exact) mass is 358 g/mol. The van der Waals surface area contributed by atoms with Gasteiger partial charge in [0.05, 0.1) is 6.21 Å². The largest absolute Gasteiger partial charge is 1.00 e. The van der Waals surface area contributed by atoms with Crippen molar-refractivity contribution < 1.29 is 43.9 Å². The standard InChI is InChI=1S/C15H19N4O2.2ClH/c1-17(2)15-5-9-19(10-6-15)13-21-12-18-7-3-14(4-8-18)11-16-20;;/h3-11H,12-13H2,1-2H3;2*1H/q+1;;/p-1. The van der Waals surface area contributed by atoms with E-state index in [9.17, 15) is 0 Å². The molecule has 2 rings (SSSR count). The summed E-state index contributed by atoms with van der Waals surface area (Å²) in [5, 5.41) is 11.4. The molecule has 0 saturated carbocycles. The van der Waals surface area contributed by atoms with Gasteiger partial charge in [0.1, 0.15) is 0 Å². The highest BCUT2D eigenvalue weighted by atomic mass is 35.5. The van der Waals surface area contributed by atoms with Crippen LogP contribution in [0.5, 0.6) is 0 Å². The van der Waals surface area contributed by atoms with Crippen LogP contribution in [0.3, 0.4) is 0 Å². The first kappa shape index (κ1) is 21.1. The zero-order chi connectivity index (χ0) is 15.1. The molecule has 6 nitrogen and oxygen atoms in total. The predicted molar refractivity (Wildman–Crippen MR) is 78.1 cm³/mol. The van der Waals surface area contributed by atoms with Crippen molar-refractivity contribution in [1.29, 1.82) is 0 Å². The number of rotatable bonds is 6. The van der Waals surface area contributed by atoms with Crippen LogP contribution in [-0.4, -0.2) is 25.5 Å². The van der Waals surface area contributed by atoms with Gasteiger partial charge in [-0.3, -0.25) is 4.74 Å². The highest BCUT2D eigenvalue weighted by Crippen LogP contribution is 2.05. The molecule has 1 N–H and O–H groups in total. The fourth-order valence-electron chi connectivity index (χ4n) is 1.79. The van der Waals surface area contributed by atoms with Crippen molar-refractivity contribution in [2.24, 2.45) is 5.16 Å².